The average Bonchev–Trinajstić information content (AvgIpc) is 3.88. The average molecular weight is 861 g/mol. The molecule has 6 aromatic carbocycles. The fraction of sp³-hybridized carbons (Fsp3) is 0. The molecule has 0 radical (unpaired) electrons. The molecule has 0 spiro atoms. The van der Waals surface area contributed by atoms with Crippen LogP contribution in [0, 0.1) is 0 Å². The van der Waals surface area contributed by atoms with Gasteiger partial charge >= 0.3 is 0 Å². The Bertz CT molecular complexity index is 1610. The van der Waals surface area contributed by atoms with Crippen molar-refractivity contribution >= 4 is 70.6 Å². The first-order valence-electron chi connectivity index (χ1n) is 13.7. The number of carbonyl (C=O) groups is 2. The van der Waals surface area contributed by atoms with Crippen LogP contribution in [0.15, 0.2) is 156 Å². The van der Waals surface area contributed by atoms with Crippen molar-refractivity contribution in [2.75, 3.05) is 0 Å². The number of amides is 2. The van der Waals surface area contributed by atoms with Gasteiger partial charge in [0.1, 0.15) is 0 Å². The molecular formula is C36H28Cl4Fe2N4NiO2-4. The van der Waals surface area contributed by atoms with Gasteiger partial charge in [0, 0.05) is 60.7 Å². The molecule has 2 N–H and O–H groups in total. The Morgan fingerprint density at radius 2 is 0.898 bits per heavy atom. The van der Waals surface area contributed by atoms with Gasteiger partial charge < -0.3 is 0 Å². The van der Waals surface area contributed by atoms with E-state index in [1.54, 1.807) is 36.7 Å². The van der Waals surface area contributed by atoms with E-state index in [4.69, 9.17) is 46.4 Å². The minimum absolute atomic E-state index is 0. The molecule has 49 heavy (non-hydrogen) atoms. The molecule has 0 aliphatic carbocycles. The van der Waals surface area contributed by atoms with Crippen molar-refractivity contribution < 1.29 is 60.2 Å². The van der Waals surface area contributed by atoms with E-state index >= 15 is 0 Å². The molecule has 0 unspecified atom stereocenters. The first-order chi connectivity index (χ1) is 22.3. The fourth-order valence-electron chi connectivity index (χ4n) is 3.39. The summed E-state index contributed by atoms with van der Waals surface area (Å²) < 4.78 is 0. The second-order valence-electron chi connectivity index (χ2n) is 9.01. The summed E-state index contributed by atoms with van der Waals surface area (Å²) in [7, 11) is 0. The van der Waals surface area contributed by atoms with E-state index in [9.17, 15) is 9.59 Å². The van der Waals surface area contributed by atoms with Crippen molar-refractivity contribution in [2.45, 2.75) is 0 Å². The summed E-state index contributed by atoms with van der Waals surface area (Å²) in [5.74, 6) is -0.751. The van der Waals surface area contributed by atoms with Crippen LogP contribution in [0.2, 0.25) is 20.1 Å². The molecule has 2 amide bonds. The van der Waals surface area contributed by atoms with Gasteiger partial charge in [-0.15, -0.1) is 11.1 Å². The van der Waals surface area contributed by atoms with Crippen molar-refractivity contribution in [1.82, 2.24) is 10.9 Å². The zero-order valence-electron chi connectivity index (χ0n) is 25.3. The van der Waals surface area contributed by atoms with Gasteiger partial charge in [0.15, 0.2) is 0 Å². The molecule has 6 nitrogen and oxygen atoms in total. The molecule has 0 heterocycles. The zero-order chi connectivity index (χ0) is 33.0. The molecule has 0 aliphatic heterocycles. The smallest absolute Gasteiger partial charge is 0.267 e. The van der Waals surface area contributed by atoms with Crippen molar-refractivity contribution in [3.8, 4) is 0 Å². The second kappa shape index (κ2) is 26.7. The van der Waals surface area contributed by atoms with Gasteiger partial charge in [-0.05, 0) is 48.8 Å². The topological polar surface area (TPSA) is 82.9 Å². The van der Waals surface area contributed by atoms with Crippen molar-refractivity contribution in [3.05, 3.63) is 188 Å². The van der Waals surface area contributed by atoms with Crippen LogP contribution in [0.3, 0.4) is 0 Å². The third-order valence-corrected chi connectivity index (χ3v) is 6.69. The van der Waals surface area contributed by atoms with Gasteiger partial charge in [-0.1, -0.05) is 46.4 Å². The van der Waals surface area contributed by atoms with E-state index in [-0.39, 0.29) is 62.4 Å². The first kappa shape index (κ1) is 45.8. The number of halogens is 4. The molecule has 0 saturated carbocycles. The quantitative estimate of drug-likeness (QED) is 0.0757. The maximum atomic E-state index is 11.8. The maximum Gasteiger partial charge on any atom is 0.272 e. The predicted octanol–water partition coefficient (Wildman–Crippen LogP) is 9.76. The van der Waals surface area contributed by atoms with E-state index in [0.29, 0.717) is 31.2 Å². The number of carbonyl (C=O) groups excluding carboxylic acids is 2. The third-order valence-electron chi connectivity index (χ3n) is 5.60. The van der Waals surface area contributed by atoms with Crippen LogP contribution >= 0.6 is 46.4 Å². The van der Waals surface area contributed by atoms with Gasteiger partial charge in [-0.3, -0.25) is 9.59 Å². The second-order valence-corrected chi connectivity index (χ2v) is 10.7. The third kappa shape index (κ3) is 18.4. The van der Waals surface area contributed by atoms with Gasteiger partial charge in [0.25, 0.3) is 11.8 Å². The first-order valence-corrected chi connectivity index (χ1v) is 15.2. The van der Waals surface area contributed by atoms with Gasteiger partial charge in [-0.25, -0.2) is 59.4 Å². The van der Waals surface area contributed by atoms with Gasteiger partial charge in [0.2, 0.25) is 0 Å². The summed E-state index contributed by atoms with van der Waals surface area (Å²) in [5, 5.41) is 9.23. The molecule has 0 bridgehead atoms. The van der Waals surface area contributed by atoms with E-state index in [2.05, 4.69) is 21.1 Å². The standard InChI is InChI=1S/2C13H9Cl2N2O.2C5H5.2Fe.Ni/c2*14-10-5-6-11(12(15)7-10)13(18)17-16-8-9-3-1-2-4-9;2*1-2-4-5-3-1;;;/h2*1-8H,(H,17,18);2*1-5H;;;/q4*-1;;;. The molecule has 0 atom stereocenters. The van der Waals surface area contributed by atoms with Crippen LogP contribution < -0.4 is 10.9 Å². The maximum absolute atomic E-state index is 11.8. The summed E-state index contributed by atoms with van der Waals surface area (Å²) in [6.45, 7) is 0. The van der Waals surface area contributed by atoms with Crippen molar-refractivity contribution in [2.24, 2.45) is 10.2 Å². The normalized spacial score (nSPS) is 9.55. The molecule has 0 fully saturated rings. The van der Waals surface area contributed by atoms with Crippen LogP contribution in [-0.2, 0) is 50.6 Å². The zero-order valence-corrected chi connectivity index (χ0v) is 31.5. The molecule has 262 valence electrons. The Morgan fingerprint density at radius 3 is 1.16 bits per heavy atom. The molecule has 0 aromatic heterocycles. The Labute approximate surface area is 337 Å². The summed E-state index contributed by atoms with van der Waals surface area (Å²) in [6, 6.07) is 44.4. The number of benzene rings is 2. The summed E-state index contributed by atoms with van der Waals surface area (Å²) in [5.41, 5.74) is 7.30. The van der Waals surface area contributed by atoms with Crippen LogP contribution in [0.25, 0.3) is 0 Å². The van der Waals surface area contributed by atoms with E-state index in [1.165, 1.54) is 12.1 Å². The summed E-state index contributed by atoms with van der Waals surface area (Å²) in [6.07, 6.45) is 3.11. The molecule has 13 heteroatoms. The fourth-order valence-corrected chi connectivity index (χ4v) is 4.38. The monoisotopic (exact) mass is 858 g/mol. The molecule has 0 saturated heterocycles. The molecule has 6 aromatic rings. The van der Waals surface area contributed by atoms with Crippen LogP contribution in [0.4, 0.5) is 0 Å². The van der Waals surface area contributed by atoms with Crippen LogP contribution in [0.5, 0.6) is 0 Å². The number of hydrogen-bond acceptors (Lipinski definition) is 4. The Balaban J connectivity index is 0.000000697. The number of hydrazone groups is 2. The van der Waals surface area contributed by atoms with Crippen molar-refractivity contribution in [3.63, 3.8) is 0 Å². The van der Waals surface area contributed by atoms with E-state index in [1.807, 2.05) is 109 Å². The molecule has 0 aliphatic rings. The SMILES string of the molecule is O=C(NN=C[c-]1cccc1)c1ccc(Cl)cc1Cl.O=C(NN=C[c-]1cccc1)c1ccc(Cl)cc1Cl.[Fe].[Fe].[Ni].c1cc[cH-]c1.c1cc[cH-]c1. The number of nitrogens with one attached hydrogen (secondary N) is 2. The predicted molar refractivity (Wildman–Crippen MR) is 191 cm³/mol. The molecular weight excluding hydrogens is 833 g/mol. The van der Waals surface area contributed by atoms with Gasteiger partial charge in [0.05, 0.1) is 21.2 Å². The van der Waals surface area contributed by atoms with E-state index < -0.39 is 0 Å². The Kier molecular flexibility index (Phi) is 24.9. The summed E-state index contributed by atoms with van der Waals surface area (Å²) >= 11 is 23.3. The molecule has 6 rings (SSSR count). The van der Waals surface area contributed by atoms with Crippen LogP contribution in [0.1, 0.15) is 31.8 Å². The Hall–Kier alpha value is -3.19. The minimum atomic E-state index is -0.375. The minimum Gasteiger partial charge on any atom is -0.267 e. The van der Waals surface area contributed by atoms with Crippen molar-refractivity contribution in [1.29, 1.82) is 0 Å². The van der Waals surface area contributed by atoms with E-state index in [0.717, 1.165) is 11.1 Å². The Morgan fingerprint density at radius 1 is 0.571 bits per heavy atom. The largest absolute Gasteiger partial charge is 0.272 e. The number of rotatable bonds is 6. The number of hydrogen-bond donors (Lipinski definition) is 2. The van der Waals surface area contributed by atoms with Crippen LogP contribution in [-0.4, -0.2) is 24.2 Å². The number of nitrogens with zero attached hydrogens (tertiary/aromatic N) is 2. The van der Waals surface area contributed by atoms with Gasteiger partial charge in [-0.2, -0.15) is 70.9 Å². The summed E-state index contributed by atoms with van der Waals surface area (Å²) in [4.78, 5) is 23.5.